The van der Waals surface area contributed by atoms with Crippen LogP contribution in [0.25, 0.3) is 43.2 Å². The fourth-order valence-electron chi connectivity index (χ4n) is 4.94. The van der Waals surface area contributed by atoms with Crippen molar-refractivity contribution in [3.05, 3.63) is 70.4 Å². The van der Waals surface area contributed by atoms with Gasteiger partial charge in [-0.3, -0.25) is 4.79 Å². The molecule has 0 bridgehead atoms. The zero-order valence-electron chi connectivity index (χ0n) is 25.0. The molecule has 0 amide bonds. The average Bonchev–Trinajstić information content (AvgIpc) is 3.36. The summed E-state index contributed by atoms with van der Waals surface area (Å²) in [7, 11) is 3.18. The molecule has 43 heavy (non-hydrogen) atoms. The summed E-state index contributed by atoms with van der Waals surface area (Å²) < 4.78 is 18.1. The minimum Gasteiger partial charge on any atom is -0.493 e. The lowest BCUT2D eigenvalue weighted by atomic mass is 9.92. The summed E-state index contributed by atoms with van der Waals surface area (Å²) in [6.45, 7) is 9.68. The van der Waals surface area contributed by atoms with E-state index in [1.807, 2.05) is 71.0 Å². The Balaban J connectivity index is 1.73. The molecule has 0 aliphatic carbocycles. The van der Waals surface area contributed by atoms with Crippen molar-refractivity contribution in [1.82, 2.24) is 15.2 Å². The Kier molecular flexibility index (Phi) is 8.31. The topological polar surface area (TPSA) is 104 Å². The van der Waals surface area contributed by atoms with E-state index in [0.29, 0.717) is 33.5 Å². The maximum absolute atomic E-state index is 12.0. The molecule has 3 aromatic carbocycles. The van der Waals surface area contributed by atoms with Gasteiger partial charge in [0, 0.05) is 27.3 Å². The van der Waals surface area contributed by atoms with Crippen LogP contribution in [0.15, 0.2) is 48.5 Å². The van der Waals surface area contributed by atoms with E-state index in [9.17, 15) is 9.90 Å². The van der Waals surface area contributed by atoms with Gasteiger partial charge in [0.2, 0.25) is 0 Å². The van der Waals surface area contributed by atoms with Crippen molar-refractivity contribution in [1.29, 1.82) is 0 Å². The van der Waals surface area contributed by atoms with Crippen molar-refractivity contribution in [2.75, 3.05) is 14.2 Å². The van der Waals surface area contributed by atoms with Crippen molar-refractivity contribution in [3.63, 3.8) is 0 Å². The van der Waals surface area contributed by atoms with Crippen LogP contribution >= 0.6 is 22.9 Å². The highest BCUT2D eigenvalue weighted by Crippen LogP contribution is 2.45. The third-order valence-electron chi connectivity index (χ3n) is 6.86. The molecule has 0 fully saturated rings. The first-order chi connectivity index (χ1) is 20.4. The van der Waals surface area contributed by atoms with Crippen LogP contribution in [0.2, 0.25) is 5.02 Å². The van der Waals surface area contributed by atoms with Crippen molar-refractivity contribution >= 4 is 39.1 Å². The molecule has 0 saturated carbocycles. The normalized spacial score (nSPS) is 11.5. The first-order valence-electron chi connectivity index (χ1n) is 13.6. The summed E-state index contributed by atoms with van der Waals surface area (Å²) in [5.41, 5.74) is 6.33. The second kappa shape index (κ2) is 11.8. The van der Waals surface area contributed by atoms with Gasteiger partial charge in [-0.15, -0.1) is 11.3 Å². The van der Waals surface area contributed by atoms with Gasteiger partial charge in [-0.1, -0.05) is 11.6 Å². The van der Waals surface area contributed by atoms with Gasteiger partial charge in [-0.25, -0.2) is 4.98 Å². The van der Waals surface area contributed by atoms with Crippen LogP contribution in [0.4, 0.5) is 0 Å². The molecule has 2 heterocycles. The number of halogens is 1. The SMILES string of the molecule is COc1ccc(-c2cc(-c3nc4cc(C)c(CC(=O)O)c(-c5ccc(Cl)cc5OC(C)(C)C)c4s3)c(C)nn2)cc1OC. The van der Waals surface area contributed by atoms with Gasteiger partial charge >= 0.3 is 5.97 Å². The monoisotopic (exact) mass is 617 g/mol. The Bertz CT molecular complexity index is 1860. The number of aryl methyl sites for hydroxylation is 2. The standard InChI is InChI=1S/C33H32ClN3O5S/c1-17-12-25-31(30(22(17)16-29(38)39)21-10-9-20(34)14-27(21)42-33(3,4)5)43-32(35-25)23-15-24(37-36-18(23)2)19-8-11-26(40-6)28(13-19)41-7/h8-15H,16H2,1-7H3,(H,38,39). The lowest BCUT2D eigenvalue weighted by Crippen LogP contribution is -2.23. The number of carboxylic acids is 1. The second-order valence-electron chi connectivity index (χ2n) is 11.1. The number of methoxy groups -OCH3 is 2. The Labute approximate surface area is 259 Å². The van der Waals surface area contributed by atoms with Crippen LogP contribution < -0.4 is 14.2 Å². The highest BCUT2D eigenvalue weighted by atomic mass is 35.5. The quantitative estimate of drug-likeness (QED) is 0.186. The number of benzene rings is 3. The fraction of sp³-hybridized carbons (Fsp3) is 0.273. The van der Waals surface area contributed by atoms with E-state index in [4.69, 9.17) is 30.8 Å². The van der Waals surface area contributed by atoms with Crippen molar-refractivity contribution in [2.45, 2.75) is 46.6 Å². The summed E-state index contributed by atoms with van der Waals surface area (Å²) in [4.78, 5) is 17.1. The molecule has 0 radical (unpaired) electrons. The number of carbonyl (C=O) groups is 1. The Morgan fingerprint density at radius 2 is 1.67 bits per heavy atom. The van der Waals surface area contributed by atoms with Crippen LogP contribution in [0.1, 0.15) is 37.6 Å². The molecule has 0 atom stereocenters. The van der Waals surface area contributed by atoms with Gasteiger partial charge < -0.3 is 19.3 Å². The molecule has 0 spiro atoms. The Morgan fingerprint density at radius 1 is 0.930 bits per heavy atom. The van der Waals surface area contributed by atoms with Crippen LogP contribution in [-0.4, -0.2) is 46.1 Å². The molecule has 5 rings (SSSR count). The number of ether oxygens (including phenoxy) is 3. The van der Waals surface area contributed by atoms with E-state index in [0.717, 1.165) is 48.7 Å². The Morgan fingerprint density at radius 3 is 2.35 bits per heavy atom. The summed E-state index contributed by atoms with van der Waals surface area (Å²) in [6, 6.07) is 14.9. The minimum absolute atomic E-state index is 0.152. The van der Waals surface area contributed by atoms with E-state index < -0.39 is 11.6 Å². The van der Waals surface area contributed by atoms with Gasteiger partial charge in [-0.05, 0) is 94.3 Å². The molecule has 0 aliphatic rings. The van der Waals surface area contributed by atoms with Gasteiger partial charge in [0.1, 0.15) is 16.4 Å². The molecule has 0 aliphatic heterocycles. The van der Waals surface area contributed by atoms with E-state index in [1.165, 1.54) is 11.3 Å². The van der Waals surface area contributed by atoms with Crippen molar-refractivity contribution in [3.8, 4) is 50.2 Å². The van der Waals surface area contributed by atoms with Crippen LogP contribution in [0.5, 0.6) is 17.2 Å². The number of carboxylic acid groups (broad SMARTS) is 1. The molecule has 2 aromatic heterocycles. The average molecular weight is 618 g/mol. The van der Waals surface area contributed by atoms with E-state index in [2.05, 4.69) is 10.2 Å². The fourth-order valence-corrected chi connectivity index (χ4v) is 6.30. The van der Waals surface area contributed by atoms with Gasteiger partial charge in [0.25, 0.3) is 0 Å². The Hall–Kier alpha value is -4.21. The van der Waals surface area contributed by atoms with Crippen LogP contribution in [-0.2, 0) is 11.2 Å². The summed E-state index contributed by atoms with van der Waals surface area (Å²) in [5.74, 6) is 0.862. The number of nitrogens with zero attached hydrogens (tertiary/aromatic N) is 3. The predicted molar refractivity (Wildman–Crippen MR) is 171 cm³/mol. The highest BCUT2D eigenvalue weighted by Gasteiger charge is 2.24. The van der Waals surface area contributed by atoms with Gasteiger partial charge in [-0.2, -0.15) is 10.2 Å². The van der Waals surface area contributed by atoms with Crippen molar-refractivity contribution < 1.29 is 24.1 Å². The second-order valence-corrected chi connectivity index (χ2v) is 12.6. The minimum atomic E-state index is -0.922. The maximum atomic E-state index is 12.0. The zero-order chi connectivity index (χ0) is 31.1. The number of rotatable bonds is 8. The number of thiazole rings is 1. The molecular weight excluding hydrogens is 586 g/mol. The molecule has 8 nitrogen and oxygen atoms in total. The molecule has 1 N–H and O–H groups in total. The molecule has 0 saturated heterocycles. The lowest BCUT2D eigenvalue weighted by Gasteiger charge is -2.24. The molecule has 5 aromatic rings. The third kappa shape index (κ3) is 6.28. The lowest BCUT2D eigenvalue weighted by molar-refractivity contribution is -0.136. The summed E-state index contributed by atoms with van der Waals surface area (Å²) >= 11 is 7.88. The van der Waals surface area contributed by atoms with Gasteiger partial charge in [0.05, 0.1) is 42.2 Å². The number of hydrogen-bond donors (Lipinski definition) is 1. The summed E-state index contributed by atoms with van der Waals surface area (Å²) in [6.07, 6.45) is -0.152. The number of aliphatic carboxylic acids is 1. The summed E-state index contributed by atoms with van der Waals surface area (Å²) in [5, 5.41) is 20.0. The smallest absolute Gasteiger partial charge is 0.307 e. The zero-order valence-corrected chi connectivity index (χ0v) is 26.6. The predicted octanol–water partition coefficient (Wildman–Crippen LogP) is 8.18. The highest BCUT2D eigenvalue weighted by molar-refractivity contribution is 7.22. The third-order valence-corrected chi connectivity index (χ3v) is 8.21. The van der Waals surface area contributed by atoms with E-state index >= 15 is 0 Å². The molecular formula is C33H32ClN3O5S. The number of fused-ring (bicyclic) bond motifs is 1. The first kappa shape index (κ1) is 30.3. The molecule has 222 valence electrons. The van der Waals surface area contributed by atoms with Gasteiger partial charge in [0.15, 0.2) is 11.5 Å². The van der Waals surface area contributed by atoms with Crippen LogP contribution in [0, 0.1) is 13.8 Å². The van der Waals surface area contributed by atoms with Crippen LogP contribution in [0.3, 0.4) is 0 Å². The van der Waals surface area contributed by atoms with Crippen molar-refractivity contribution in [2.24, 2.45) is 0 Å². The maximum Gasteiger partial charge on any atom is 0.307 e. The number of aromatic nitrogens is 3. The van der Waals surface area contributed by atoms with E-state index in [1.54, 1.807) is 26.4 Å². The molecule has 10 heteroatoms. The molecule has 0 unspecified atom stereocenters. The number of hydrogen-bond acceptors (Lipinski definition) is 8. The largest absolute Gasteiger partial charge is 0.493 e. The first-order valence-corrected chi connectivity index (χ1v) is 14.8. The van der Waals surface area contributed by atoms with E-state index in [-0.39, 0.29) is 6.42 Å².